The summed E-state index contributed by atoms with van der Waals surface area (Å²) in [6, 6.07) is 5.84. The van der Waals surface area contributed by atoms with Crippen molar-refractivity contribution >= 4 is 5.97 Å². The highest BCUT2D eigenvalue weighted by Gasteiger charge is 2.11. The molecule has 1 heterocycles. The molecular formula is C13H13NO4. The van der Waals surface area contributed by atoms with Gasteiger partial charge in [-0.3, -0.25) is 0 Å². The van der Waals surface area contributed by atoms with Gasteiger partial charge in [-0.2, -0.15) is 0 Å². The Morgan fingerprint density at radius 3 is 2.61 bits per heavy atom. The van der Waals surface area contributed by atoms with E-state index in [1.54, 1.807) is 0 Å². The maximum Gasteiger partial charge on any atom is 0.357 e. The zero-order valence-electron chi connectivity index (χ0n) is 10.1. The Morgan fingerprint density at radius 1 is 1.39 bits per heavy atom. The minimum atomic E-state index is -1.11. The SMILES string of the molecule is Cc1cccc(C)c1OCc1nc(C(=O)O)co1. The fourth-order valence-corrected chi connectivity index (χ4v) is 1.64. The van der Waals surface area contributed by atoms with Gasteiger partial charge in [-0.25, -0.2) is 9.78 Å². The molecule has 0 atom stereocenters. The summed E-state index contributed by atoms with van der Waals surface area (Å²) in [5.74, 6) is -0.0975. The van der Waals surface area contributed by atoms with E-state index in [9.17, 15) is 4.79 Å². The number of para-hydroxylation sites is 1. The fourth-order valence-electron chi connectivity index (χ4n) is 1.64. The molecule has 2 aromatic rings. The number of aryl methyl sites for hydroxylation is 2. The summed E-state index contributed by atoms with van der Waals surface area (Å²) in [6.07, 6.45) is 1.10. The number of nitrogens with zero attached hydrogens (tertiary/aromatic N) is 1. The first-order chi connectivity index (χ1) is 8.58. The summed E-state index contributed by atoms with van der Waals surface area (Å²) in [5, 5.41) is 8.71. The van der Waals surface area contributed by atoms with Gasteiger partial charge in [0.15, 0.2) is 12.3 Å². The quantitative estimate of drug-likeness (QED) is 0.898. The third-order valence-electron chi connectivity index (χ3n) is 2.52. The van der Waals surface area contributed by atoms with Crippen molar-refractivity contribution in [2.45, 2.75) is 20.5 Å². The topological polar surface area (TPSA) is 72.6 Å². The summed E-state index contributed by atoms with van der Waals surface area (Å²) >= 11 is 0. The molecule has 0 saturated carbocycles. The molecule has 0 saturated heterocycles. The molecule has 0 aliphatic carbocycles. The molecule has 1 aromatic carbocycles. The first kappa shape index (κ1) is 12.2. The Labute approximate surface area is 104 Å². The van der Waals surface area contributed by atoms with E-state index in [0.29, 0.717) is 0 Å². The molecule has 1 aromatic heterocycles. The Hall–Kier alpha value is -2.30. The van der Waals surface area contributed by atoms with E-state index in [4.69, 9.17) is 14.3 Å². The monoisotopic (exact) mass is 247 g/mol. The minimum absolute atomic E-state index is 0.110. The van der Waals surface area contributed by atoms with Crippen molar-refractivity contribution < 1.29 is 19.1 Å². The largest absolute Gasteiger partial charge is 0.483 e. The second-order valence-corrected chi connectivity index (χ2v) is 3.94. The first-order valence-electron chi connectivity index (χ1n) is 5.44. The Bertz CT molecular complexity index is 554. The maximum absolute atomic E-state index is 10.6. The van der Waals surface area contributed by atoms with Crippen LogP contribution in [0.1, 0.15) is 27.5 Å². The molecule has 0 unspecified atom stereocenters. The zero-order valence-corrected chi connectivity index (χ0v) is 10.1. The van der Waals surface area contributed by atoms with Crippen LogP contribution in [0.5, 0.6) is 5.75 Å². The summed E-state index contributed by atoms with van der Waals surface area (Å²) in [6.45, 7) is 4.00. The highest BCUT2D eigenvalue weighted by atomic mass is 16.5. The lowest BCUT2D eigenvalue weighted by molar-refractivity contribution is 0.0690. The summed E-state index contributed by atoms with van der Waals surface area (Å²) in [7, 11) is 0. The van der Waals surface area contributed by atoms with Crippen molar-refractivity contribution in [3.05, 3.63) is 47.2 Å². The van der Waals surface area contributed by atoms with Crippen molar-refractivity contribution in [3.8, 4) is 5.75 Å². The number of carbonyl (C=O) groups is 1. The van der Waals surface area contributed by atoms with Crippen LogP contribution in [0.25, 0.3) is 0 Å². The van der Waals surface area contributed by atoms with Crippen LogP contribution < -0.4 is 4.74 Å². The molecular weight excluding hydrogens is 234 g/mol. The van der Waals surface area contributed by atoms with Crippen molar-refractivity contribution in [1.29, 1.82) is 0 Å². The first-order valence-corrected chi connectivity index (χ1v) is 5.44. The number of ether oxygens (including phenoxy) is 1. The van der Waals surface area contributed by atoms with Gasteiger partial charge in [0.1, 0.15) is 12.0 Å². The van der Waals surface area contributed by atoms with Gasteiger partial charge in [0.2, 0.25) is 5.89 Å². The van der Waals surface area contributed by atoms with Gasteiger partial charge in [-0.15, -0.1) is 0 Å². The standard InChI is InChI=1S/C13H13NO4/c1-8-4-3-5-9(2)12(8)18-7-11-14-10(6-17-11)13(15)16/h3-6H,7H2,1-2H3,(H,15,16). The third kappa shape index (κ3) is 2.51. The van der Waals surface area contributed by atoms with Crippen molar-refractivity contribution in [3.63, 3.8) is 0 Å². The minimum Gasteiger partial charge on any atom is -0.483 e. The molecule has 1 N–H and O–H groups in total. The van der Waals surface area contributed by atoms with Crippen LogP contribution in [0.4, 0.5) is 0 Å². The van der Waals surface area contributed by atoms with Crippen LogP contribution in [-0.4, -0.2) is 16.1 Å². The highest BCUT2D eigenvalue weighted by Crippen LogP contribution is 2.23. The van der Waals surface area contributed by atoms with Gasteiger partial charge in [-0.1, -0.05) is 18.2 Å². The lowest BCUT2D eigenvalue weighted by Gasteiger charge is -2.09. The van der Waals surface area contributed by atoms with Gasteiger partial charge in [0, 0.05) is 0 Å². The number of aromatic carboxylic acids is 1. The molecule has 0 aliphatic rings. The van der Waals surface area contributed by atoms with Crippen LogP contribution in [0.3, 0.4) is 0 Å². The summed E-state index contributed by atoms with van der Waals surface area (Å²) < 4.78 is 10.6. The van der Waals surface area contributed by atoms with E-state index in [0.717, 1.165) is 23.1 Å². The lowest BCUT2D eigenvalue weighted by Crippen LogP contribution is -2.01. The average molecular weight is 247 g/mol. The van der Waals surface area contributed by atoms with Crippen LogP contribution in [0.2, 0.25) is 0 Å². The van der Waals surface area contributed by atoms with Crippen LogP contribution in [0, 0.1) is 13.8 Å². The molecule has 18 heavy (non-hydrogen) atoms. The number of carboxylic acids is 1. The lowest BCUT2D eigenvalue weighted by atomic mass is 10.1. The molecule has 5 heteroatoms. The van der Waals surface area contributed by atoms with Crippen LogP contribution in [0.15, 0.2) is 28.9 Å². The van der Waals surface area contributed by atoms with E-state index >= 15 is 0 Å². The number of carboxylic acid groups (broad SMARTS) is 1. The van der Waals surface area contributed by atoms with Crippen molar-refractivity contribution in [2.75, 3.05) is 0 Å². The normalized spacial score (nSPS) is 10.3. The second-order valence-electron chi connectivity index (χ2n) is 3.94. The summed E-state index contributed by atoms with van der Waals surface area (Å²) in [5.41, 5.74) is 1.91. The van der Waals surface area contributed by atoms with Gasteiger partial charge in [0.25, 0.3) is 0 Å². The predicted molar refractivity (Wildman–Crippen MR) is 63.7 cm³/mol. The Morgan fingerprint density at radius 2 is 2.06 bits per heavy atom. The molecule has 0 fully saturated rings. The van der Waals surface area contributed by atoms with Gasteiger partial charge in [0.05, 0.1) is 0 Å². The number of hydrogen-bond donors (Lipinski definition) is 1. The molecule has 5 nitrogen and oxygen atoms in total. The Balaban J connectivity index is 2.09. The van der Waals surface area contributed by atoms with E-state index in [1.807, 2.05) is 32.0 Å². The van der Waals surface area contributed by atoms with Gasteiger partial charge in [-0.05, 0) is 25.0 Å². The van der Waals surface area contributed by atoms with Crippen molar-refractivity contribution in [2.24, 2.45) is 0 Å². The molecule has 0 aliphatic heterocycles. The van der Waals surface area contributed by atoms with E-state index < -0.39 is 5.97 Å². The number of oxazole rings is 1. The van der Waals surface area contributed by atoms with Gasteiger partial charge >= 0.3 is 5.97 Å². The second kappa shape index (κ2) is 4.91. The molecule has 2 rings (SSSR count). The van der Waals surface area contributed by atoms with Crippen LogP contribution >= 0.6 is 0 Å². The molecule has 94 valence electrons. The molecule has 0 amide bonds. The maximum atomic E-state index is 10.6. The average Bonchev–Trinajstić information content (AvgIpc) is 2.77. The van der Waals surface area contributed by atoms with Gasteiger partial charge < -0.3 is 14.3 Å². The fraction of sp³-hybridized carbons (Fsp3) is 0.231. The van der Waals surface area contributed by atoms with E-state index in [2.05, 4.69) is 4.98 Å². The molecule has 0 bridgehead atoms. The van der Waals surface area contributed by atoms with Crippen molar-refractivity contribution in [1.82, 2.24) is 4.98 Å². The third-order valence-corrected chi connectivity index (χ3v) is 2.52. The highest BCUT2D eigenvalue weighted by molar-refractivity contribution is 5.84. The number of aromatic nitrogens is 1. The molecule has 0 spiro atoms. The Kier molecular flexibility index (Phi) is 3.32. The summed E-state index contributed by atoms with van der Waals surface area (Å²) in [4.78, 5) is 14.4. The number of rotatable bonds is 4. The molecule has 0 radical (unpaired) electrons. The number of benzene rings is 1. The smallest absolute Gasteiger partial charge is 0.357 e. The van der Waals surface area contributed by atoms with E-state index in [1.165, 1.54) is 0 Å². The zero-order chi connectivity index (χ0) is 13.1. The predicted octanol–water partition coefficient (Wildman–Crippen LogP) is 2.57. The van der Waals surface area contributed by atoms with E-state index in [-0.39, 0.29) is 18.2 Å². The van der Waals surface area contributed by atoms with Crippen LogP contribution in [-0.2, 0) is 6.61 Å². The number of hydrogen-bond acceptors (Lipinski definition) is 4.